The number of aryl methyl sites for hydroxylation is 1. The molecule has 1 aliphatic rings. The summed E-state index contributed by atoms with van der Waals surface area (Å²) in [6, 6.07) is 11.8. The van der Waals surface area contributed by atoms with Crippen LogP contribution in [0.15, 0.2) is 53.7 Å². The first-order valence-corrected chi connectivity index (χ1v) is 11.1. The fourth-order valence-corrected chi connectivity index (χ4v) is 3.73. The standard InChI is InChI=1S/C24H28N4O7/c25-21(28-34)16-4-6-17(7-5-16)22(31)27-24(23(32)33,35-19-11-13-26-14-12-19)20(30)10-3-15-1-8-18(29)9-2-15/h1-2,4-9,19,26,29,34H,3,10-14H2,(H2,25,28)(H,27,31)(H,32,33). The molecule has 1 atom stereocenters. The molecule has 0 radical (unpaired) electrons. The molecule has 1 fully saturated rings. The van der Waals surface area contributed by atoms with Gasteiger partial charge in [0, 0.05) is 17.5 Å². The molecule has 35 heavy (non-hydrogen) atoms. The molecule has 2 aromatic rings. The number of phenols is 1. The van der Waals surface area contributed by atoms with Crippen LogP contribution < -0.4 is 16.4 Å². The van der Waals surface area contributed by atoms with Gasteiger partial charge in [-0.3, -0.25) is 9.59 Å². The van der Waals surface area contributed by atoms with E-state index in [2.05, 4.69) is 15.8 Å². The molecule has 7 N–H and O–H groups in total. The SMILES string of the molecule is NC(=NO)c1ccc(C(=O)NC(OC2CCNCC2)(C(=O)O)C(=O)CCc2ccc(O)cc2)cc1. The normalized spacial score (nSPS) is 16.3. The first kappa shape index (κ1) is 25.7. The van der Waals surface area contributed by atoms with Crippen LogP contribution in [-0.2, 0) is 20.7 Å². The highest BCUT2D eigenvalue weighted by atomic mass is 16.6. The Morgan fingerprint density at radius 3 is 2.23 bits per heavy atom. The second kappa shape index (κ2) is 11.4. The second-order valence-electron chi connectivity index (χ2n) is 8.16. The van der Waals surface area contributed by atoms with E-state index in [-0.39, 0.29) is 30.0 Å². The van der Waals surface area contributed by atoms with Gasteiger partial charge in [-0.2, -0.15) is 0 Å². The van der Waals surface area contributed by atoms with Gasteiger partial charge in [-0.05, 0) is 62.2 Å². The summed E-state index contributed by atoms with van der Waals surface area (Å²) in [5.41, 5.74) is 4.07. The first-order valence-electron chi connectivity index (χ1n) is 11.1. The molecule has 1 amide bonds. The highest BCUT2D eigenvalue weighted by Crippen LogP contribution is 2.22. The Labute approximate surface area is 201 Å². The number of carboxylic acid groups (broad SMARTS) is 1. The predicted octanol–water partition coefficient (Wildman–Crippen LogP) is 0.968. The molecule has 0 bridgehead atoms. The molecule has 0 spiro atoms. The summed E-state index contributed by atoms with van der Waals surface area (Å²) >= 11 is 0. The predicted molar refractivity (Wildman–Crippen MR) is 125 cm³/mol. The number of nitrogens with zero attached hydrogens (tertiary/aromatic N) is 1. The molecule has 3 rings (SSSR count). The van der Waals surface area contributed by atoms with Crippen molar-refractivity contribution in [2.24, 2.45) is 10.9 Å². The molecule has 0 aliphatic carbocycles. The van der Waals surface area contributed by atoms with E-state index in [0.29, 0.717) is 37.1 Å². The number of ether oxygens (including phenoxy) is 1. The number of amides is 1. The molecule has 186 valence electrons. The lowest BCUT2D eigenvalue weighted by Crippen LogP contribution is -2.63. The van der Waals surface area contributed by atoms with Crippen molar-refractivity contribution < 1.29 is 34.5 Å². The molecule has 1 heterocycles. The van der Waals surface area contributed by atoms with Gasteiger partial charge in [0.2, 0.25) is 0 Å². The van der Waals surface area contributed by atoms with Gasteiger partial charge >= 0.3 is 11.7 Å². The van der Waals surface area contributed by atoms with Crippen LogP contribution >= 0.6 is 0 Å². The summed E-state index contributed by atoms with van der Waals surface area (Å²) in [5, 5.41) is 36.7. The zero-order valence-electron chi connectivity index (χ0n) is 18.9. The van der Waals surface area contributed by atoms with E-state index >= 15 is 0 Å². The fraction of sp³-hybridized carbons (Fsp3) is 0.333. The maximum absolute atomic E-state index is 13.3. The van der Waals surface area contributed by atoms with E-state index in [1.54, 1.807) is 12.1 Å². The third-order valence-corrected chi connectivity index (χ3v) is 5.74. The number of benzene rings is 2. The van der Waals surface area contributed by atoms with Gasteiger partial charge in [-0.1, -0.05) is 29.4 Å². The van der Waals surface area contributed by atoms with Gasteiger partial charge in [0.05, 0.1) is 6.10 Å². The summed E-state index contributed by atoms with van der Waals surface area (Å²) in [7, 11) is 0. The van der Waals surface area contributed by atoms with Crippen molar-refractivity contribution in [3.05, 3.63) is 65.2 Å². The lowest BCUT2D eigenvalue weighted by molar-refractivity contribution is -0.185. The zero-order chi connectivity index (χ0) is 25.4. The number of aromatic hydroxyl groups is 1. The van der Waals surface area contributed by atoms with Crippen molar-refractivity contribution in [2.75, 3.05) is 13.1 Å². The van der Waals surface area contributed by atoms with Crippen LogP contribution in [0, 0.1) is 0 Å². The maximum Gasteiger partial charge on any atom is 0.365 e. The number of amidine groups is 1. The number of hydrogen-bond acceptors (Lipinski definition) is 8. The van der Waals surface area contributed by atoms with Crippen molar-refractivity contribution in [1.82, 2.24) is 10.6 Å². The summed E-state index contributed by atoms with van der Waals surface area (Å²) < 4.78 is 5.85. The van der Waals surface area contributed by atoms with Gasteiger partial charge < -0.3 is 36.5 Å². The maximum atomic E-state index is 13.3. The molecule has 11 nitrogen and oxygen atoms in total. The largest absolute Gasteiger partial charge is 0.508 e. The number of phenolic OH excluding ortho intramolecular Hbond substituents is 1. The second-order valence-corrected chi connectivity index (χ2v) is 8.16. The molecule has 1 unspecified atom stereocenters. The van der Waals surface area contributed by atoms with E-state index < -0.39 is 29.5 Å². The number of hydrogen-bond donors (Lipinski definition) is 6. The number of ketones is 1. The van der Waals surface area contributed by atoms with Crippen LogP contribution in [0.25, 0.3) is 0 Å². The summed E-state index contributed by atoms with van der Waals surface area (Å²) in [4.78, 5) is 38.8. The van der Waals surface area contributed by atoms with E-state index in [0.717, 1.165) is 0 Å². The summed E-state index contributed by atoms with van der Waals surface area (Å²) in [6.45, 7) is 1.18. The van der Waals surface area contributed by atoms with E-state index in [1.165, 1.54) is 36.4 Å². The van der Waals surface area contributed by atoms with Crippen LogP contribution in [0.1, 0.15) is 40.7 Å². The van der Waals surface area contributed by atoms with Crippen LogP contribution in [0.2, 0.25) is 0 Å². The van der Waals surface area contributed by atoms with Crippen LogP contribution in [-0.4, -0.2) is 63.8 Å². The number of carboxylic acids is 1. The smallest absolute Gasteiger partial charge is 0.365 e. The molecule has 1 aliphatic heterocycles. The Kier molecular flexibility index (Phi) is 8.39. The van der Waals surface area contributed by atoms with Crippen LogP contribution in [0.3, 0.4) is 0 Å². The molecule has 1 saturated heterocycles. The van der Waals surface area contributed by atoms with Gasteiger partial charge in [-0.15, -0.1) is 0 Å². The summed E-state index contributed by atoms with van der Waals surface area (Å²) in [6.07, 6.45) is 0.377. The molecular formula is C24H28N4O7. The number of aliphatic carboxylic acids is 1. The molecule has 2 aromatic carbocycles. The van der Waals surface area contributed by atoms with Gasteiger partial charge in [0.15, 0.2) is 11.6 Å². The van der Waals surface area contributed by atoms with Gasteiger partial charge in [0.1, 0.15) is 5.75 Å². The quantitative estimate of drug-likeness (QED) is 0.0714. The fourth-order valence-electron chi connectivity index (χ4n) is 3.73. The Morgan fingerprint density at radius 1 is 1.06 bits per heavy atom. The van der Waals surface area contributed by atoms with Gasteiger partial charge in [-0.25, -0.2) is 4.79 Å². The number of nitrogens with two attached hydrogens (primary N) is 1. The van der Waals surface area contributed by atoms with E-state index in [1.807, 2.05) is 0 Å². The lowest BCUT2D eigenvalue weighted by Gasteiger charge is -2.34. The van der Waals surface area contributed by atoms with Crippen LogP contribution in [0.5, 0.6) is 5.75 Å². The van der Waals surface area contributed by atoms with Crippen molar-refractivity contribution in [1.29, 1.82) is 0 Å². The molecule has 0 saturated carbocycles. The highest BCUT2D eigenvalue weighted by molar-refractivity contribution is 6.11. The molecule has 11 heteroatoms. The third-order valence-electron chi connectivity index (χ3n) is 5.74. The molecular weight excluding hydrogens is 456 g/mol. The minimum Gasteiger partial charge on any atom is -0.508 e. The zero-order valence-corrected chi connectivity index (χ0v) is 18.9. The van der Waals surface area contributed by atoms with Gasteiger partial charge in [0.25, 0.3) is 5.91 Å². The van der Waals surface area contributed by atoms with E-state index in [9.17, 15) is 24.6 Å². The van der Waals surface area contributed by atoms with Crippen molar-refractivity contribution in [3.8, 4) is 5.75 Å². The topological polar surface area (TPSA) is 184 Å². The minimum absolute atomic E-state index is 0.0605. The Hall–Kier alpha value is -3.96. The van der Waals surface area contributed by atoms with Crippen molar-refractivity contribution in [2.45, 2.75) is 37.5 Å². The molecule has 0 aromatic heterocycles. The Bertz CT molecular complexity index is 1080. The first-order chi connectivity index (χ1) is 16.7. The minimum atomic E-state index is -2.58. The number of nitrogens with one attached hydrogen (secondary N) is 2. The Balaban J connectivity index is 1.86. The van der Waals surface area contributed by atoms with Crippen molar-refractivity contribution in [3.63, 3.8) is 0 Å². The average Bonchev–Trinajstić information content (AvgIpc) is 2.87. The third kappa shape index (κ3) is 6.34. The lowest BCUT2D eigenvalue weighted by atomic mass is 9.98. The number of oxime groups is 1. The van der Waals surface area contributed by atoms with Crippen LogP contribution in [0.4, 0.5) is 0 Å². The number of Topliss-reactive ketones (excluding diaryl/α,β-unsaturated/α-hetero) is 1. The average molecular weight is 485 g/mol. The highest BCUT2D eigenvalue weighted by Gasteiger charge is 2.50. The van der Waals surface area contributed by atoms with Crippen molar-refractivity contribution >= 4 is 23.5 Å². The number of carbonyl (C=O) groups is 3. The monoisotopic (exact) mass is 484 g/mol. The number of piperidine rings is 1. The summed E-state index contributed by atoms with van der Waals surface area (Å²) in [5.74, 6) is -3.34. The Morgan fingerprint density at radius 2 is 1.66 bits per heavy atom. The number of carbonyl (C=O) groups excluding carboxylic acids is 2. The number of rotatable bonds is 10. The van der Waals surface area contributed by atoms with E-state index in [4.69, 9.17) is 15.7 Å².